The smallest absolute Gasteiger partial charge is 0.130 e. The highest BCUT2D eigenvalue weighted by molar-refractivity contribution is 7.80. The third-order valence-corrected chi connectivity index (χ3v) is 2.61. The van der Waals surface area contributed by atoms with Crippen LogP contribution in [0, 0.1) is 0 Å². The van der Waals surface area contributed by atoms with Crippen molar-refractivity contribution in [3.63, 3.8) is 0 Å². The van der Waals surface area contributed by atoms with Crippen LogP contribution in [0.4, 0.5) is 0 Å². The van der Waals surface area contributed by atoms with Gasteiger partial charge in [0.2, 0.25) is 0 Å². The highest BCUT2D eigenvalue weighted by Crippen LogP contribution is 2.24. The molecule has 0 bridgehead atoms. The Bertz CT molecular complexity index is 360. The van der Waals surface area contributed by atoms with Gasteiger partial charge < -0.3 is 10.5 Å². The van der Waals surface area contributed by atoms with Gasteiger partial charge in [-0.3, -0.25) is 0 Å². The van der Waals surface area contributed by atoms with Gasteiger partial charge in [0, 0.05) is 0 Å². The third-order valence-electron chi connectivity index (χ3n) is 2.39. The first kappa shape index (κ1) is 12.0. The van der Waals surface area contributed by atoms with Crippen LogP contribution in [0.3, 0.4) is 0 Å². The molecule has 0 saturated heterocycles. The number of ether oxygens (including phenoxy) is 1. The van der Waals surface area contributed by atoms with Gasteiger partial charge in [-0.2, -0.15) is 0 Å². The summed E-state index contributed by atoms with van der Waals surface area (Å²) in [5.41, 5.74) is 6.23. The van der Waals surface area contributed by atoms with Crippen LogP contribution in [0.1, 0.15) is 32.8 Å². The summed E-state index contributed by atoms with van der Waals surface area (Å²) in [6.45, 7) is 6.18. The predicted molar refractivity (Wildman–Crippen MR) is 67.3 cm³/mol. The van der Waals surface area contributed by atoms with E-state index < -0.39 is 0 Å². The first-order chi connectivity index (χ1) is 6.96. The highest BCUT2D eigenvalue weighted by Gasteiger charge is 2.18. The topological polar surface area (TPSA) is 35.2 Å². The zero-order valence-electron chi connectivity index (χ0n) is 9.41. The Morgan fingerprint density at radius 3 is 2.53 bits per heavy atom. The number of thiocarbonyl (C=S) groups is 1. The van der Waals surface area contributed by atoms with Crippen molar-refractivity contribution in [1.29, 1.82) is 0 Å². The number of para-hydroxylation sites is 1. The van der Waals surface area contributed by atoms with Crippen molar-refractivity contribution < 1.29 is 4.74 Å². The maximum absolute atomic E-state index is 5.88. The molecule has 0 aliphatic heterocycles. The van der Waals surface area contributed by atoms with Crippen LogP contribution in [0.15, 0.2) is 24.3 Å². The second-order valence-electron chi connectivity index (χ2n) is 4.08. The molecule has 3 heteroatoms. The molecule has 0 atom stereocenters. The van der Waals surface area contributed by atoms with Gasteiger partial charge in [0.15, 0.2) is 0 Å². The van der Waals surface area contributed by atoms with Crippen LogP contribution in [0.25, 0.3) is 0 Å². The molecule has 0 saturated carbocycles. The molecule has 2 nitrogen and oxygen atoms in total. The van der Waals surface area contributed by atoms with E-state index in [9.17, 15) is 0 Å². The standard InChI is InChI=1S/C12H17NOS/c1-4-12(2,3)14-10-8-6-5-7-9(10)11(13)15/h5-8H,4H2,1-3H3,(H2,13,15). The van der Waals surface area contributed by atoms with Gasteiger partial charge >= 0.3 is 0 Å². The van der Waals surface area contributed by atoms with E-state index in [1.165, 1.54) is 0 Å². The van der Waals surface area contributed by atoms with Gasteiger partial charge in [0.05, 0.1) is 5.56 Å². The van der Waals surface area contributed by atoms with Gasteiger partial charge in [-0.05, 0) is 32.4 Å². The highest BCUT2D eigenvalue weighted by atomic mass is 32.1. The van der Waals surface area contributed by atoms with Crippen molar-refractivity contribution in [2.75, 3.05) is 0 Å². The van der Waals surface area contributed by atoms with Gasteiger partial charge in [-0.25, -0.2) is 0 Å². The molecular formula is C12H17NOS. The normalized spacial score (nSPS) is 11.1. The van der Waals surface area contributed by atoms with Crippen molar-refractivity contribution in [3.8, 4) is 5.75 Å². The molecule has 82 valence electrons. The lowest BCUT2D eigenvalue weighted by atomic mass is 10.1. The summed E-state index contributed by atoms with van der Waals surface area (Å²) in [7, 11) is 0. The molecule has 1 aromatic rings. The lowest BCUT2D eigenvalue weighted by molar-refractivity contribution is 0.105. The second kappa shape index (κ2) is 4.62. The van der Waals surface area contributed by atoms with Gasteiger partial charge in [0.1, 0.15) is 16.3 Å². The Morgan fingerprint density at radius 2 is 2.00 bits per heavy atom. The number of benzene rings is 1. The fourth-order valence-corrected chi connectivity index (χ4v) is 1.30. The molecule has 0 radical (unpaired) electrons. The minimum absolute atomic E-state index is 0.194. The minimum atomic E-state index is -0.194. The molecule has 0 spiro atoms. The third kappa shape index (κ3) is 3.20. The van der Waals surface area contributed by atoms with Crippen LogP contribution >= 0.6 is 12.2 Å². The molecule has 0 amide bonds. The number of hydrogen-bond donors (Lipinski definition) is 1. The fourth-order valence-electron chi connectivity index (χ4n) is 1.13. The molecule has 0 aromatic heterocycles. The summed E-state index contributed by atoms with van der Waals surface area (Å²) >= 11 is 4.97. The van der Waals surface area contributed by atoms with E-state index in [0.717, 1.165) is 17.7 Å². The van der Waals surface area contributed by atoms with E-state index in [4.69, 9.17) is 22.7 Å². The van der Waals surface area contributed by atoms with E-state index in [-0.39, 0.29) is 5.60 Å². The average Bonchev–Trinajstić information content (AvgIpc) is 2.18. The first-order valence-electron chi connectivity index (χ1n) is 5.04. The number of rotatable bonds is 4. The van der Waals surface area contributed by atoms with Crippen molar-refractivity contribution in [1.82, 2.24) is 0 Å². The maximum Gasteiger partial charge on any atom is 0.130 e. The largest absolute Gasteiger partial charge is 0.487 e. The monoisotopic (exact) mass is 223 g/mol. The van der Waals surface area contributed by atoms with E-state index >= 15 is 0 Å². The van der Waals surface area contributed by atoms with Crippen molar-refractivity contribution >= 4 is 17.2 Å². The molecule has 0 fully saturated rings. The lowest BCUT2D eigenvalue weighted by Crippen LogP contribution is -2.28. The van der Waals surface area contributed by atoms with Crippen molar-refractivity contribution in [2.24, 2.45) is 5.73 Å². The number of hydrogen-bond acceptors (Lipinski definition) is 2. The van der Waals surface area contributed by atoms with Crippen molar-refractivity contribution in [2.45, 2.75) is 32.8 Å². The van der Waals surface area contributed by atoms with E-state index in [0.29, 0.717) is 4.99 Å². The van der Waals surface area contributed by atoms with Gasteiger partial charge in [-0.15, -0.1) is 0 Å². The quantitative estimate of drug-likeness (QED) is 0.797. The summed E-state index contributed by atoms with van der Waals surface area (Å²) in [4.78, 5) is 0.373. The second-order valence-corrected chi connectivity index (χ2v) is 4.52. The van der Waals surface area contributed by atoms with Crippen LogP contribution in [0.5, 0.6) is 5.75 Å². The van der Waals surface area contributed by atoms with E-state index in [1.807, 2.05) is 38.1 Å². The summed E-state index contributed by atoms with van der Waals surface area (Å²) < 4.78 is 5.88. The number of nitrogens with two attached hydrogens (primary N) is 1. The van der Waals surface area contributed by atoms with Gasteiger partial charge in [0.25, 0.3) is 0 Å². The van der Waals surface area contributed by atoms with Gasteiger partial charge in [-0.1, -0.05) is 31.3 Å². The SMILES string of the molecule is CCC(C)(C)Oc1ccccc1C(N)=S. The molecule has 2 N–H and O–H groups in total. The molecular weight excluding hydrogens is 206 g/mol. The Kier molecular flexibility index (Phi) is 3.69. The summed E-state index contributed by atoms with van der Waals surface area (Å²) in [5.74, 6) is 0.761. The zero-order valence-corrected chi connectivity index (χ0v) is 10.2. The Labute approximate surface area is 96.4 Å². The molecule has 0 aliphatic rings. The molecule has 0 aliphatic carbocycles. The maximum atomic E-state index is 5.88. The molecule has 0 unspecified atom stereocenters. The van der Waals surface area contributed by atoms with Crippen LogP contribution in [0.2, 0.25) is 0 Å². The molecule has 15 heavy (non-hydrogen) atoms. The fraction of sp³-hybridized carbons (Fsp3) is 0.417. The Hall–Kier alpha value is -1.09. The van der Waals surface area contributed by atoms with Crippen LogP contribution < -0.4 is 10.5 Å². The minimum Gasteiger partial charge on any atom is -0.487 e. The predicted octanol–water partition coefficient (Wildman–Crippen LogP) is 2.89. The summed E-state index contributed by atoms with van der Waals surface area (Å²) in [6, 6.07) is 7.60. The van der Waals surface area contributed by atoms with E-state index in [2.05, 4.69) is 6.92 Å². The molecule has 0 heterocycles. The molecule has 1 aromatic carbocycles. The molecule has 1 rings (SSSR count). The van der Waals surface area contributed by atoms with Crippen LogP contribution in [-0.4, -0.2) is 10.6 Å². The Balaban J connectivity index is 2.99. The zero-order chi connectivity index (χ0) is 11.5. The van der Waals surface area contributed by atoms with Crippen LogP contribution in [-0.2, 0) is 0 Å². The summed E-state index contributed by atoms with van der Waals surface area (Å²) in [5, 5.41) is 0. The van der Waals surface area contributed by atoms with Crippen molar-refractivity contribution in [3.05, 3.63) is 29.8 Å². The summed E-state index contributed by atoms with van der Waals surface area (Å²) in [6.07, 6.45) is 0.929. The van der Waals surface area contributed by atoms with E-state index in [1.54, 1.807) is 0 Å². The Morgan fingerprint density at radius 1 is 1.40 bits per heavy atom. The first-order valence-corrected chi connectivity index (χ1v) is 5.45. The average molecular weight is 223 g/mol. The lowest BCUT2D eigenvalue weighted by Gasteiger charge is -2.26.